The van der Waals surface area contributed by atoms with Crippen molar-refractivity contribution in [1.82, 2.24) is 0 Å². The molecule has 0 aromatic heterocycles. The molecule has 0 aliphatic carbocycles. The Kier molecular flexibility index (Phi) is 9.71. The summed E-state index contributed by atoms with van der Waals surface area (Å²) in [6.45, 7) is 8.66. The van der Waals surface area contributed by atoms with Gasteiger partial charge in [0.1, 0.15) is 6.61 Å². The molecular weight excluding hydrogens is 176 g/mol. The first-order valence-electron chi connectivity index (χ1n) is 5.25. The SMILES string of the molecule is [CH2]CCCCCCC[CH]OC(=O)C=C. The van der Waals surface area contributed by atoms with Gasteiger partial charge in [-0.1, -0.05) is 45.6 Å². The quantitative estimate of drug-likeness (QED) is 0.321. The zero-order chi connectivity index (χ0) is 10.6. The van der Waals surface area contributed by atoms with Crippen LogP contribution in [0.1, 0.15) is 44.9 Å². The highest BCUT2D eigenvalue weighted by molar-refractivity contribution is 5.81. The van der Waals surface area contributed by atoms with E-state index in [0.29, 0.717) is 0 Å². The molecule has 0 spiro atoms. The van der Waals surface area contributed by atoms with Crippen molar-refractivity contribution in [3.63, 3.8) is 0 Å². The van der Waals surface area contributed by atoms with Gasteiger partial charge in [0.05, 0.1) is 0 Å². The molecule has 0 saturated heterocycles. The number of carbonyl (C=O) groups excluding carboxylic acids is 1. The Hall–Kier alpha value is -0.790. The fourth-order valence-corrected chi connectivity index (χ4v) is 1.12. The molecule has 0 fully saturated rings. The van der Waals surface area contributed by atoms with Crippen molar-refractivity contribution in [2.24, 2.45) is 0 Å². The van der Waals surface area contributed by atoms with Gasteiger partial charge in [0.25, 0.3) is 0 Å². The van der Waals surface area contributed by atoms with Crippen LogP contribution < -0.4 is 0 Å². The molecular formula is C12H20O2. The largest absolute Gasteiger partial charge is 0.455 e. The van der Waals surface area contributed by atoms with E-state index in [2.05, 4.69) is 13.5 Å². The van der Waals surface area contributed by atoms with Crippen LogP contribution in [0.3, 0.4) is 0 Å². The summed E-state index contributed by atoms with van der Waals surface area (Å²) in [6, 6.07) is 0. The highest BCUT2D eigenvalue weighted by Gasteiger charge is 1.95. The van der Waals surface area contributed by atoms with Gasteiger partial charge in [-0.15, -0.1) is 0 Å². The van der Waals surface area contributed by atoms with Crippen molar-refractivity contribution < 1.29 is 9.53 Å². The molecule has 2 heteroatoms. The van der Waals surface area contributed by atoms with Crippen molar-refractivity contribution in [3.05, 3.63) is 26.2 Å². The third-order valence-electron chi connectivity index (χ3n) is 1.94. The van der Waals surface area contributed by atoms with Crippen LogP contribution in [0.5, 0.6) is 0 Å². The molecule has 0 atom stereocenters. The highest BCUT2D eigenvalue weighted by atomic mass is 16.5. The molecule has 0 saturated carbocycles. The molecule has 80 valence electrons. The fraction of sp³-hybridized carbons (Fsp3) is 0.583. The van der Waals surface area contributed by atoms with Crippen LogP contribution in [0.4, 0.5) is 0 Å². The first-order valence-corrected chi connectivity index (χ1v) is 5.25. The van der Waals surface area contributed by atoms with Gasteiger partial charge in [0.15, 0.2) is 0 Å². The Balaban J connectivity index is 2.99. The molecule has 0 N–H and O–H groups in total. The average molecular weight is 196 g/mol. The summed E-state index contributed by atoms with van der Waals surface area (Å²) in [5, 5.41) is 0. The first-order chi connectivity index (χ1) is 6.81. The van der Waals surface area contributed by atoms with Crippen LogP contribution >= 0.6 is 0 Å². The normalized spacial score (nSPS) is 9.79. The second kappa shape index (κ2) is 10.3. The van der Waals surface area contributed by atoms with Crippen LogP contribution in [-0.4, -0.2) is 5.97 Å². The highest BCUT2D eigenvalue weighted by Crippen LogP contribution is 2.08. The molecule has 0 heterocycles. The minimum Gasteiger partial charge on any atom is -0.455 e. The standard InChI is InChI=1S/C12H20O2/c1-3-5-6-7-8-9-10-11-14-12(13)4-2/h4,11H,1-3,5-10H2. The van der Waals surface area contributed by atoms with Gasteiger partial charge in [0, 0.05) is 6.08 Å². The van der Waals surface area contributed by atoms with E-state index < -0.39 is 0 Å². The second-order valence-electron chi connectivity index (χ2n) is 3.22. The van der Waals surface area contributed by atoms with E-state index in [4.69, 9.17) is 4.74 Å². The summed E-state index contributed by atoms with van der Waals surface area (Å²) < 4.78 is 4.73. The Labute approximate surface area is 87.3 Å². The second-order valence-corrected chi connectivity index (χ2v) is 3.22. The molecule has 0 aromatic carbocycles. The first kappa shape index (κ1) is 13.2. The molecule has 0 bridgehead atoms. The third kappa shape index (κ3) is 9.30. The van der Waals surface area contributed by atoms with Gasteiger partial charge < -0.3 is 4.74 Å². The predicted molar refractivity (Wildman–Crippen MR) is 58.3 cm³/mol. The molecule has 2 nitrogen and oxygen atoms in total. The number of hydrogen-bond donors (Lipinski definition) is 0. The molecule has 2 radical (unpaired) electrons. The van der Waals surface area contributed by atoms with Crippen molar-refractivity contribution in [2.75, 3.05) is 0 Å². The van der Waals surface area contributed by atoms with E-state index in [0.717, 1.165) is 19.3 Å². The summed E-state index contributed by atoms with van der Waals surface area (Å²) in [4.78, 5) is 10.6. The van der Waals surface area contributed by atoms with Gasteiger partial charge in [-0.3, -0.25) is 0 Å². The lowest BCUT2D eigenvalue weighted by atomic mass is 10.1. The maximum Gasteiger partial charge on any atom is 0.330 e. The van der Waals surface area contributed by atoms with Crippen LogP contribution in [0, 0.1) is 13.5 Å². The Morgan fingerprint density at radius 1 is 1.14 bits per heavy atom. The van der Waals surface area contributed by atoms with Crippen LogP contribution in [0.25, 0.3) is 0 Å². The monoisotopic (exact) mass is 196 g/mol. The fourth-order valence-electron chi connectivity index (χ4n) is 1.12. The summed E-state index contributed by atoms with van der Waals surface area (Å²) in [7, 11) is 0. The van der Waals surface area contributed by atoms with Crippen molar-refractivity contribution in [3.8, 4) is 0 Å². The summed E-state index contributed by atoms with van der Waals surface area (Å²) in [6.07, 6.45) is 9.05. The Morgan fingerprint density at radius 3 is 2.43 bits per heavy atom. The molecule has 0 aliphatic rings. The molecule has 0 rings (SSSR count). The van der Waals surface area contributed by atoms with E-state index >= 15 is 0 Å². The van der Waals surface area contributed by atoms with Gasteiger partial charge >= 0.3 is 5.97 Å². The van der Waals surface area contributed by atoms with E-state index in [1.807, 2.05) is 0 Å². The smallest absolute Gasteiger partial charge is 0.330 e. The van der Waals surface area contributed by atoms with Crippen LogP contribution in [-0.2, 0) is 9.53 Å². The van der Waals surface area contributed by atoms with E-state index in [-0.39, 0.29) is 5.97 Å². The third-order valence-corrected chi connectivity index (χ3v) is 1.94. The van der Waals surface area contributed by atoms with Gasteiger partial charge in [-0.2, -0.15) is 0 Å². The van der Waals surface area contributed by atoms with Gasteiger partial charge in [0.2, 0.25) is 0 Å². The number of carbonyl (C=O) groups is 1. The molecule has 0 amide bonds. The van der Waals surface area contributed by atoms with Gasteiger partial charge in [-0.25, -0.2) is 4.79 Å². The number of unbranched alkanes of at least 4 members (excludes halogenated alkanes) is 6. The topological polar surface area (TPSA) is 26.3 Å². The average Bonchev–Trinajstić information content (AvgIpc) is 2.21. The molecule has 0 unspecified atom stereocenters. The number of esters is 1. The lowest BCUT2D eigenvalue weighted by molar-refractivity contribution is -0.134. The Morgan fingerprint density at radius 2 is 1.79 bits per heavy atom. The zero-order valence-corrected chi connectivity index (χ0v) is 8.84. The number of rotatable bonds is 9. The summed E-state index contributed by atoms with van der Waals surface area (Å²) in [5.41, 5.74) is 0. The minimum atomic E-state index is -0.373. The molecule has 0 aliphatic heterocycles. The minimum absolute atomic E-state index is 0.373. The van der Waals surface area contributed by atoms with Crippen LogP contribution in [0.2, 0.25) is 0 Å². The predicted octanol–water partition coefficient (Wildman–Crippen LogP) is 3.44. The van der Waals surface area contributed by atoms with Crippen molar-refractivity contribution in [2.45, 2.75) is 44.9 Å². The molecule has 14 heavy (non-hydrogen) atoms. The lowest BCUT2D eigenvalue weighted by Crippen LogP contribution is -1.96. The van der Waals surface area contributed by atoms with Crippen molar-refractivity contribution >= 4 is 5.97 Å². The number of hydrogen-bond acceptors (Lipinski definition) is 2. The zero-order valence-electron chi connectivity index (χ0n) is 8.84. The van der Waals surface area contributed by atoms with Gasteiger partial charge in [-0.05, 0) is 12.8 Å². The summed E-state index contributed by atoms with van der Waals surface area (Å²) in [5.74, 6) is -0.373. The van der Waals surface area contributed by atoms with Crippen LogP contribution in [0.15, 0.2) is 12.7 Å². The van der Waals surface area contributed by atoms with E-state index in [1.54, 1.807) is 6.61 Å². The molecule has 0 aromatic rings. The van der Waals surface area contributed by atoms with Crippen molar-refractivity contribution in [1.29, 1.82) is 0 Å². The Bertz CT molecular complexity index is 152. The lowest BCUT2D eigenvalue weighted by Gasteiger charge is -2.01. The number of ether oxygens (including phenoxy) is 1. The van der Waals surface area contributed by atoms with E-state index in [9.17, 15) is 4.79 Å². The maximum absolute atomic E-state index is 10.6. The summed E-state index contributed by atoms with van der Waals surface area (Å²) >= 11 is 0. The van der Waals surface area contributed by atoms with E-state index in [1.165, 1.54) is 31.8 Å². The maximum atomic E-state index is 10.6.